The van der Waals surface area contributed by atoms with Gasteiger partial charge in [0.05, 0.1) is 15.7 Å². The summed E-state index contributed by atoms with van der Waals surface area (Å²) in [6.07, 6.45) is 0.865. The van der Waals surface area contributed by atoms with Crippen LogP contribution < -0.4 is 10.1 Å². The predicted octanol–water partition coefficient (Wildman–Crippen LogP) is 6.30. The average Bonchev–Trinajstić information content (AvgIpc) is 3.02. The molecular weight excluding hydrogens is 419 g/mol. The van der Waals surface area contributed by atoms with Gasteiger partial charge in [-0.2, -0.15) is 0 Å². The molecule has 0 bridgehead atoms. The van der Waals surface area contributed by atoms with Crippen molar-refractivity contribution in [1.82, 2.24) is 4.98 Å². The molecule has 8 heteroatoms. The molecular formula is C20H18Cl2N2O3S. The summed E-state index contributed by atoms with van der Waals surface area (Å²) < 4.78 is 4.78. The highest BCUT2D eigenvalue weighted by Gasteiger charge is 2.16. The quantitative estimate of drug-likeness (QED) is 0.335. The monoisotopic (exact) mass is 436 g/mol. The number of carbonyl (C=O) groups is 1. The number of halogens is 2. The number of hydrogen-bond acceptors (Lipinski definition) is 6. The second kappa shape index (κ2) is 8.82. The van der Waals surface area contributed by atoms with Crippen LogP contribution in [0.4, 0.5) is 10.8 Å². The minimum Gasteiger partial charge on any atom is -0.504 e. The number of rotatable bonds is 7. The van der Waals surface area contributed by atoms with Crippen molar-refractivity contribution >= 4 is 51.8 Å². The molecule has 0 radical (unpaired) electrons. The second-order valence-corrected chi connectivity index (χ2v) is 8.44. The minimum atomic E-state index is -0.117. The SMILES string of the molecule is CC(C)Cc1sc(Nc2ccc(O)c(OC=O)c2)nc1-c1ccc(Cl)c(Cl)c1. The molecule has 5 nitrogen and oxygen atoms in total. The fraction of sp³-hybridized carbons (Fsp3) is 0.200. The second-order valence-electron chi connectivity index (χ2n) is 6.54. The topological polar surface area (TPSA) is 71.4 Å². The largest absolute Gasteiger partial charge is 0.504 e. The van der Waals surface area contributed by atoms with Crippen molar-refractivity contribution in [2.24, 2.45) is 5.92 Å². The number of carbonyl (C=O) groups excluding carboxylic acids is 1. The van der Waals surface area contributed by atoms with Crippen molar-refractivity contribution in [3.63, 3.8) is 0 Å². The number of nitrogens with one attached hydrogen (secondary N) is 1. The van der Waals surface area contributed by atoms with E-state index in [-0.39, 0.29) is 18.0 Å². The number of phenolic OH excluding ortho intramolecular Hbond substituents is 1. The summed E-state index contributed by atoms with van der Waals surface area (Å²) in [7, 11) is 0. The molecule has 0 saturated carbocycles. The van der Waals surface area contributed by atoms with Crippen LogP contribution in [0, 0.1) is 5.92 Å². The number of aromatic nitrogens is 1. The van der Waals surface area contributed by atoms with Gasteiger partial charge >= 0.3 is 0 Å². The molecule has 146 valence electrons. The van der Waals surface area contributed by atoms with Crippen LogP contribution in [0.3, 0.4) is 0 Å². The van der Waals surface area contributed by atoms with Gasteiger partial charge in [-0.15, -0.1) is 11.3 Å². The molecule has 0 amide bonds. The summed E-state index contributed by atoms with van der Waals surface area (Å²) in [6, 6.07) is 10.1. The van der Waals surface area contributed by atoms with Crippen LogP contribution in [0.15, 0.2) is 36.4 Å². The molecule has 1 aromatic heterocycles. The number of nitrogens with zero attached hydrogens (tertiary/aromatic N) is 1. The van der Waals surface area contributed by atoms with Crippen molar-refractivity contribution in [2.75, 3.05) is 5.32 Å². The Morgan fingerprint density at radius 2 is 2.00 bits per heavy atom. The Hall–Kier alpha value is -2.28. The van der Waals surface area contributed by atoms with Gasteiger partial charge in [0, 0.05) is 22.2 Å². The first kappa shape index (κ1) is 20.5. The van der Waals surface area contributed by atoms with Crippen LogP contribution >= 0.6 is 34.5 Å². The summed E-state index contributed by atoms with van der Waals surface area (Å²) >= 11 is 13.8. The normalized spacial score (nSPS) is 10.9. The van der Waals surface area contributed by atoms with E-state index in [9.17, 15) is 9.90 Å². The van der Waals surface area contributed by atoms with E-state index >= 15 is 0 Å². The van der Waals surface area contributed by atoms with Crippen LogP contribution in [-0.4, -0.2) is 16.6 Å². The maximum Gasteiger partial charge on any atom is 0.298 e. The lowest BCUT2D eigenvalue weighted by atomic mass is 10.0. The number of benzene rings is 2. The van der Waals surface area contributed by atoms with Gasteiger partial charge in [-0.1, -0.05) is 43.1 Å². The first-order valence-electron chi connectivity index (χ1n) is 8.53. The Balaban J connectivity index is 1.96. The highest BCUT2D eigenvalue weighted by atomic mass is 35.5. The summed E-state index contributed by atoms with van der Waals surface area (Å²) in [5, 5.41) is 14.6. The van der Waals surface area contributed by atoms with Gasteiger partial charge in [-0.3, -0.25) is 4.79 Å². The first-order valence-corrected chi connectivity index (χ1v) is 10.1. The molecule has 3 aromatic rings. The Morgan fingerprint density at radius 3 is 2.68 bits per heavy atom. The standard InChI is InChI=1S/C20H18Cl2N2O3S/c1-11(2)7-18-19(12-3-5-14(21)15(22)8-12)24-20(28-18)23-13-4-6-16(26)17(9-13)27-10-25/h3-6,8-11,26H,7H2,1-2H3,(H,23,24). The lowest BCUT2D eigenvalue weighted by Gasteiger charge is -2.06. The number of thiazole rings is 1. The van der Waals surface area contributed by atoms with Crippen molar-refractivity contribution in [3.05, 3.63) is 51.3 Å². The Morgan fingerprint density at radius 1 is 1.21 bits per heavy atom. The molecule has 28 heavy (non-hydrogen) atoms. The van der Waals surface area contributed by atoms with Gasteiger partial charge < -0.3 is 15.2 Å². The third-order valence-corrected chi connectivity index (χ3v) is 5.60. The summed E-state index contributed by atoms with van der Waals surface area (Å²) in [4.78, 5) is 16.4. The van der Waals surface area contributed by atoms with Crippen molar-refractivity contribution in [3.8, 4) is 22.8 Å². The summed E-state index contributed by atoms with van der Waals surface area (Å²) in [5.74, 6) is 0.411. The summed E-state index contributed by atoms with van der Waals surface area (Å²) in [5.41, 5.74) is 2.38. The number of phenols is 1. The molecule has 0 spiro atoms. The Labute approximate surface area is 176 Å². The van der Waals surface area contributed by atoms with E-state index in [2.05, 4.69) is 19.2 Å². The number of anilines is 2. The van der Waals surface area contributed by atoms with E-state index in [0.29, 0.717) is 26.8 Å². The molecule has 0 aliphatic carbocycles. The van der Waals surface area contributed by atoms with Crippen LogP contribution in [0.5, 0.6) is 11.5 Å². The third kappa shape index (κ3) is 4.76. The Bertz CT molecular complexity index is 1010. The molecule has 0 atom stereocenters. The van der Waals surface area contributed by atoms with Crippen LogP contribution in [-0.2, 0) is 11.2 Å². The molecule has 2 aromatic carbocycles. The lowest BCUT2D eigenvalue weighted by Crippen LogP contribution is -1.94. The number of hydrogen-bond donors (Lipinski definition) is 2. The van der Waals surface area contributed by atoms with Crippen LogP contribution in [0.25, 0.3) is 11.3 Å². The van der Waals surface area contributed by atoms with E-state index in [1.54, 1.807) is 12.1 Å². The molecule has 2 N–H and O–H groups in total. The number of ether oxygens (including phenoxy) is 1. The van der Waals surface area contributed by atoms with E-state index in [0.717, 1.165) is 22.6 Å². The van der Waals surface area contributed by atoms with Crippen molar-refractivity contribution < 1.29 is 14.6 Å². The molecule has 0 saturated heterocycles. The van der Waals surface area contributed by atoms with Crippen molar-refractivity contribution in [1.29, 1.82) is 0 Å². The Kier molecular flexibility index (Phi) is 6.44. The van der Waals surface area contributed by atoms with Gasteiger partial charge in [0.1, 0.15) is 0 Å². The maximum absolute atomic E-state index is 10.6. The van der Waals surface area contributed by atoms with Crippen LogP contribution in [0.1, 0.15) is 18.7 Å². The van der Waals surface area contributed by atoms with E-state index in [1.165, 1.54) is 23.5 Å². The minimum absolute atomic E-state index is 0.0728. The van der Waals surface area contributed by atoms with E-state index in [4.69, 9.17) is 32.9 Å². The van der Waals surface area contributed by atoms with Crippen molar-refractivity contribution in [2.45, 2.75) is 20.3 Å². The fourth-order valence-corrected chi connectivity index (χ4v) is 4.16. The molecule has 0 fully saturated rings. The summed E-state index contributed by atoms with van der Waals surface area (Å²) in [6.45, 7) is 4.56. The fourth-order valence-electron chi connectivity index (χ4n) is 2.64. The third-order valence-electron chi connectivity index (χ3n) is 3.87. The van der Waals surface area contributed by atoms with Crippen LogP contribution in [0.2, 0.25) is 10.0 Å². The molecule has 0 aliphatic rings. The maximum atomic E-state index is 10.6. The van der Waals surface area contributed by atoms with Gasteiger partial charge in [0.15, 0.2) is 16.6 Å². The first-order chi connectivity index (χ1) is 13.4. The molecule has 0 aliphatic heterocycles. The number of aromatic hydroxyl groups is 1. The van der Waals surface area contributed by atoms with Gasteiger partial charge in [0.2, 0.25) is 0 Å². The predicted molar refractivity (Wildman–Crippen MR) is 114 cm³/mol. The smallest absolute Gasteiger partial charge is 0.298 e. The van der Waals surface area contributed by atoms with Gasteiger partial charge in [-0.25, -0.2) is 4.98 Å². The zero-order valence-corrected chi connectivity index (χ0v) is 17.5. The molecule has 0 unspecified atom stereocenters. The van der Waals surface area contributed by atoms with Gasteiger partial charge in [-0.05, 0) is 36.6 Å². The zero-order chi connectivity index (χ0) is 20.3. The zero-order valence-electron chi connectivity index (χ0n) is 15.2. The lowest BCUT2D eigenvalue weighted by molar-refractivity contribution is -0.120. The van der Waals surface area contributed by atoms with Gasteiger partial charge in [0.25, 0.3) is 6.47 Å². The highest BCUT2D eigenvalue weighted by molar-refractivity contribution is 7.16. The molecule has 3 rings (SSSR count). The molecule has 1 heterocycles. The highest BCUT2D eigenvalue weighted by Crippen LogP contribution is 2.37. The van der Waals surface area contributed by atoms with E-state index < -0.39 is 0 Å². The average molecular weight is 437 g/mol. The van der Waals surface area contributed by atoms with E-state index in [1.807, 2.05) is 12.1 Å².